The summed E-state index contributed by atoms with van der Waals surface area (Å²) < 4.78 is 25.8. The van der Waals surface area contributed by atoms with E-state index in [2.05, 4.69) is 10.2 Å². The van der Waals surface area contributed by atoms with Crippen LogP contribution in [-0.4, -0.2) is 46.9 Å². The Morgan fingerprint density at radius 1 is 1.03 bits per heavy atom. The number of phenolic OH excluding ortho intramolecular Hbond substituents is 1. The van der Waals surface area contributed by atoms with Crippen molar-refractivity contribution in [3.05, 3.63) is 94.9 Å². The number of nitrogens with zero attached hydrogens (tertiary/aromatic N) is 2. The van der Waals surface area contributed by atoms with Gasteiger partial charge in [-0.05, 0) is 42.3 Å². The number of para-hydroxylation sites is 1. The molecule has 7 nitrogen and oxygen atoms in total. The number of aromatic hydroxyl groups is 1. The van der Waals surface area contributed by atoms with E-state index < -0.39 is 11.9 Å². The summed E-state index contributed by atoms with van der Waals surface area (Å²) in [5, 5.41) is 17.6. The zero-order chi connectivity index (χ0) is 24.5. The lowest BCUT2D eigenvalue weighted by Crippen LogP contribution is -2.32. The highest BCUT2D eigenvalue weighted by Gasteiger charge is 2.43. The maximum absolute atomic E-state index is 15.1. The minimum absolute atomic E-state index is 0.0327. The molecule has 0 bridgehead atoms. The van der Waals surface area contributed by atoms with Gasteiger partial charge in [0, 0.05) is 23.2 Å². The molecule has 4 aromatic rings. The van der Waals surface area contributed by atoms with Crippen molar-refractivity contribution in [2.45, 2.75) is 12.5 Å². The number of phenols is 1. The van der Waals surface area contributed by atoms with Crippen LogP contribution in [0.1, 0.15) is 33.2 Å². The van der Waals surface area contributed by atoms with Crippen molar-refractivity contribution in [3.8, 4) is 28.5 Å². The molecule has 5 rings (SSSR count). The lowest BCUT2D eigenvalue weighted by Gasteiger charge is -2.27. The molecule has 35 heavy (non-hydrogen) atoms. The normalized spacial score (nSPS) is 14.8. The van der Waals surface area contributed by atoms with E-state index in [1.165, 1.54) is 6.07 Å². The lowest BCUT2D eigenvalue weighted by atomic mass is 9.95. The number of ether oxygens (including phenoxy) is 2. The van der Waals surface area contributed by atoms with Crippen LogP contribution in [-0.2, 0) is 6.42 Å². The average molecular weight is 474 g/mol. The van der Waals surface area contributed by atoms with Gasteiger partial charge < -0.3 is 19.5 Å². The van der Waals surface area contributed by atoms with E-state index in [1.54, 1.807) is 61.6 Å². The van der Waals surface area contributed by atoms with E-state index in [9.17, 15) is 9.90 Å². The molecule has 1 amide bonds. The molecule has 0 spiro atoms. The Morgan fingerprint density at radius 2 is 1.77 bits per heavy atom. The van der Waals surface area contributed by atoms with Crippen LogP contribution in [0.2, 0.25) is 0 Å². The molecule has 2 heterocycles. The van der Waals surface area contributed by atoms with Crippen molar-refractivity contribution >= 4 is 5.91 Å². The number of aromatic amines is 1. The Morgan fingerprint density at radius 3 is 2.51 bits per heavy atom. The molecule has 3 aromatic carbocycles. The van der Waals surface area contributed by atoms with E-state index in [0.717, 1.165) is 5.56 Å². The molecule has 0 aliphatic carbocycles. The number of fused-ring (bicyclic) bond motifs is 1. The van der Waals surface area contributed by atoms with Gasteiger partial charge in [-0.1, -0.05) is 36.4 Å². The summed E-state index contributed by atoms with van der Waals surface area (Å²) in [6.07, 6.45) is 0.515. The fraction of sp³-hybridized carbons (Fsp3) is 0.185. The number of methoxy groups -OCH3 is 2. The van der Waals surface area contributed by atoms with Crippen LogP contribution in [0.5, 0.6) is 17.2 Å². The number of aromatic nitrogens is 2. The molecule has 0 saturated carbocycles. The molecular formula is C27H24FN3O4. The zero-order valence-corrected chi connectivity index (χ0v) is 19.3. The van der Waals surface area contributed by atoms with Crippen molar-refractivity contribution in [2.24, 2.45) is 0 Å². The molecule has 0 saturated heterocycles. The van der Waals surface area contributed by atoms with E-state index in [0.29, 0.717) is 52.5 Å². The number of carbonyl (C=O) groups excluding carboxylic acids is 1. The number of carbonyl (C=O) groups is 1. The van der Waals surface area contributed by atoms with Crippen molar-refractivity contribution in [1.82, 2.24) is 15.1 Å². The Bertz CT molecular complexity index is 1400. The second-order valence-electron chi connectivity index (χ2n) is 8.24. The topological polar surface area (TPSA) is 87.7 Å². The van der Waals surface area contributed by atoms with E-state index >= 15 is 4.39 Å². The number of halogens is 1. The number of amides is 1. The Hall–Kier alpha value is -4.33. The van der Waals surface area contributed by atoms with E-state index in [1.807, 2.05) is 18.2 Å². The van der Waals surface area contributed by atoms with Crippen LogP contribution in [0.4, 0.5) is 4.39 Å². The highest BCUT2D eigenvalue weighted by molar-refractivity contribution is 6.00. The monoisotopic (exact) mass is 473 g/mol. The first-order valence-corrected chi connectivity index (χ1v) is 11.2. The third-order valence-electron chi connectivity index (χ3n) is 6.31. The van der Waals surface area contributed by atoms with Gasteiger partial charge in [-0.15, -0.1) is 0 Å². The number of H-pyrrole nitrogens is 1. The summed E-state index contributed by atoms with van der Waals surface area (Å²) >= 11 is 0. The third kappa shape index (κ3) is 3.86. The predicted molar refractivity (Wildman–Crippen MR) is 128 cm³/mol. The third-order valence-corrected chi connectivity index (χ3v) is 6.31. The van der Waals surface area contributed by atoms with Gasteiger partial charge in [0.1, 0.15) is 23.0 Å². The molecule has 2 N–H and O–H groups in total. The second kappa shape index (κ2) is 9.13. The molecule has 8 heteroatoms. The van der Waals surface area contributed by atoms with Gasteiger partial charge in [0.15, 0.2) is 11.5 Å². The smallest absolute Gasteiger partial charge is 0.273 e. The Balaban J connectivity index is 1.55. The molecule has 1 aromatic heterocycles. The van der Waals surface area contributed by atoms with Gasteiger partial charge in [0.25, 0.3) is 5.91 Å². The molecule has 1 atom stereocenters. The largest absolute Gasteiger partial charge is 0.507 e. The molecule has 0 radical (unpaired) electrons. The number of hydrogen-bond donors (Lipinski definition) is 2. The van der Waals surface area contributed by atoms with Gasteiger partial charge in [-0.2, -0.15) is 5.10 Å². The summed E-state index contributed by atoms with van der Waals surface area (Å²) in [6.45, 7) is 0.329. The maximum Gasteiger partial charge on any atom is 0.273 e. The highest BCUT2D eigenvalue weighted by atomic mass is 19.1. The molecule has 1 aliphatic rings. The summed E-state index contributed by atoms with van der Waals surface area (Å²) in [5.41, 5.74) is 3.05. The second-order valence-corrected chi connectivity index (χ2v) is 8.24. The molecule has 0 fully saturated rings. The maximum atomic E-state index is 15.1. The standard InChI is InChI=1S/C27H24FN3O4/c1-34-21-12-11-16(15-22(21)35-2)13-14-31-26(17-7-3-5-9-19(17)28)23-24(29-30-25(23)27(31)33)18-8-4-6-10-20(18)32/h3-12,15,26,32H,13-14H2,1-2H3,(H,29,30)/t26-/m0/s1. The van der Waals surface area contributed by atoms with Crippen molar-refractivity contribution in [2.75, 3.05) is 20.8 Å². The van der Waals surface area contributed by atoms with Gasteiger partial charge >= 0.3 is 0 Å². The summed E-state index contributed by atoms with van der Waals surface area (Å²) in [5.74, 6) is 0.553. The fourth-order valence-electron chi connectivity index (χ4n) is 4.61. The first kappa shape index (κ1) is 22.5. The van der Waals surface area contributed by atoms with E-state index in [4.69, 9.17) is 9.47 Å². The summed E-state index contributed by atoms with van der Waals surface area (Å²) in [6, 6.07) is 18.1. The van der Waals surface area contributed by atoms with Crippen molar-refractivity contribution in [3.63, 3.8) is 0 Å². The number of nitrogens with one attached hydrogen (secondary N) is 1. The number of benzene rings is 3. The number of hydrogen-bond acceptors (Lipinski definition) is 5. The first-order valence-electron chi connectivity index (χ1n) is 11.2. The Labute approximate surface area is 201 Å². The van der Waals surface area contributed by atoms with Gasteiger partial charge in [0.05, 0.1) is 20.3 Å². The van der Waals surface area contributed by atoms with Crippen LogP contribution >= 0.6 is 0 Å². The van der Waals surface area contributed by atoms with Crippen molar-refractivity contribution in [1.29, 1.82) is 0 Å². The quantitative estimate of drug-likeness (QED) is 0.405. The van der Waals surface area contributed by atoms with Crippen LogP contribution in [0.3, 0.4) is 0 Å². The summed E-state index contributed by atoms with van der Waals surface area (Å²) in [4.78, 5) is 15.1. The molecular weight excluding hydrogens is 449 g/mol. The predicted octanol–water partition coefficient (Wildman–Crippen LogP) is 4.73. The average Bonchev–Trinajstić information content (AvgIpc) is 3.42. The highest BCUT2D eigenvalue weighted by Crippen LogP contribution is 2.45. The lowest BCUT2D eigenvalue weighted by molar-refractivity contribution is 0.0744. The van der Waals surface area contributed by atoms with Crippen molar-refractivity contribution < 1.29 is 23.8 Å². The molecule has 178 valence electrons. The van der Waals surface area contributed by atoms with Crippen LogP contribution in [0.15, 0.2) is 66.7 Å². The fourth-order valence-corrected chi connectivity index (χ4v) is 4.61. The van der Waals surface area contributed by atoms with Gasteiger partial charge in [-0.25, -0.2) is 4.39 Å². The molecule has 1 aliphatic heterocycles. The van der Waals surface area contributed by atoms with Gasteiger partial charge in [-0.3, -0.25) is 9.89 Å². The molecule has 0 unspecified atom stereocenters. The van der Waals surface area contributed by atoms with E-state index in [-0.39, 0.29) is 11.7 Å². The Kier molecular flexibility index (Phi) is 5.86. The zero-order valence-electron chi connectivity index (χ0n) is 19.3. The van der Waals surface area contributed by atoms with Gasteiger partial charge in [0.2, 0.25) is 0 Å². The minimum Gasteiger partial charge on any atom is -0.507 e. The van der Waals surface area contributed by atoms with Crippen LogP contribution in [0.25, 0.3) is 11.3 Å². The first-order chi connectivity index (χ1) is 17.0. The SMILES string of the molecule is COc1ccc(CCN2C(=O)c3[nH]nc(-c4ccccc4O)c3[C@@H]2c2ccccc2F)cc1OC. The van der Waals surface area contributed by atoms with Crippen LogP contribution in [0, 0.1) is 5.82 Å². The minimum atomic E-state index is -0.702. The summed E-state index contributed by atoms with van der Waals surface area (Å²) in [7, 11) is 3.14. The van der Waals surface area contributed by atoms with Crippen LogP contribution < -0.4 is 9.47 Å². The number of rotatable bonds is 7.